The van der Waals surface area contributed by atoms with Crippen molar-refractivity contribution in [1.29, 1.82) is 0 Å². The van der Waals surface area contributed by atoms with Crippen molar-refractivity contribution in [2.24, 2.45) is 5.10 Å². The van der Waals surface area contributed by atoms with Gasteiger partial charge in [-0.3, -0.25) is 0 Å². The Hall–Kier alpha value is -3.37. The lowest BCUT2D eigenvalue weighted by atomic mass is 9.86. The van der Waals surface area contributed by atoms with Crippen LogP contribution in [0.1, 0.15) is 29.0 Å². The van der Waals surface area contributed by atoms with Gasteiger partial charge >= 0.3 is 12.2 Å². The summed E-state index contributed by atoms with van der Waals surface area (Å²) in [6.45, 7) is 0.0545. The fourth-order valence-corrected chi connectivity index (χ4v) is 5.13. The minimum absolute atomic E-state index is 0.0545. The minimum atomic E-state index is -4.91. The summed E-state index contributed by atoms with van der Waals surface area (Å²) in [5.41, 5.74) is 0.759. The smallest absolute Gasteiger partial charge is 0.246 e. The van der Waals surface area contributed by atoms with Crippen molar-refractivity contribution in [1.82, 2.24) is 9.73 Å². The molecule has 3 aromatic rings. The summed E-state index contributed by atoms with van der Waals surface area (Å²) in [5.74, 6) is -0.191. The molecule has 1 aliphatic heterocycles. The first-order valence-electron chi connectivity index (χ1n) is 10.5. The second kappa shape index (κ2) is 9.71. The molecule has 11 heteroatoms. The lowest BCUT2D eigenvalue weighted by Gasteiger charge is -2.30. The summed E-state index contributed by atoms with van der Waals surface area (Å²) in [4.78, 5) is 11.8. The molecule has 0 saturated heterocycles. The molecule has 3 aromatic carbocycles. The number of hydrogen-bond acceptors (Lipinski definition) is 4. The molecule has 0 fully saturated rings. The standard InChI is InChI=1S/C24H19ClF3N3O3S/c25-18-12-10-17(11-13-18)22-19(16-6-2-1-3-7-16)14-15-31(29-22)23(32)30-35(33,34)21-9-5-4-8-20(21)24(26,27)28/h1-13,19H,14-15H2,(H,30,32). The van der Waals surface area contributed by atoms with Crippen LogP contribution in [-0.4, -0.2) is 31.7 Å². The van der Waals surface area contributed by atoms with Gasteiger partial charge in [0.2, 0.25) is 0 Å². The topological polar surface area (TPSA) is 78.8 Å². The Morgan fingerprint density at radius 1 is 0.971 bits per heavy atom. The summed E-state index contributed by atoms with van der Waals surface area (Å²) in [6, 6.07) is 18.8. The van der Waals surface area contributed by atoms with E-state index >= 15 is 0 Å². The lowest BCUT2D eigenvalue weighted by molar-refractivity contribution is -0.139. The van der Waals surface area contributed by atoms with Crippen LogP contribution in [0.2, 0.25) is 5.02 Å². The van der Waals surface area contributed by atoms with Gasteiger partial charge in [-0.1, -0.05) is 66.2 Å². The van der Waals surface area contributed by atoms with Gasteiger partial charge in [-0.2, -0.15) is 18.3 Å². The molecule has 6 nitrogen and oxygen atoms in total. The van der Waals surface area contributed by atoms with E-state index in [2.05, 4.69) is 5.10 Å². The number of rotatable bonds is 4. The van der Waals surface area contributed by atoms with E-state index in [1.54, 1.807) is 29.0 Å². The summed E-state index contributed by atoms with van der Waals surface area (Å²) in [6.07, 6.45) is -4.50. The average Bonchev–Trinajstić information content (AvgIpc) is 2.84. The first-order valence-corrected chi connectivity index (χ1v) is 12.3. The molecule has 0 saturated carbocycles. The molecule has 35 heavy (non-hydrogen) atoms. The van der Waals surface area contributed by atoms with Crippen LogP contribution < -0.4 is 4.72 Å². The van der Waals surface area contributed by atoms with Crippen LogP contribution in [0.25, 0.3) is 0 Å². The largest absolute Gasteiger partial charge is 0.417 e. The fraction of sp³-hybridized carbons (Fsp3) is 0.167. The van der Waals surface area contributed by atoms with Crippen molar-refractivity contribution in [3.8, 4) is 0 Å². The summed E-state index contributed by atoms with van der Waals surface area (Å²) in [5, 5.41) is 5.82. The number of hydrogen-bond donors (Lipinski definition) is 1. The lowest BCUT2D eigenvalue weighted by Crippen LogP contribution is -2.44. The molecule has 0 spiro atoms. The molecule has 1 unspecified atom stereocenters. The molecular weight excluding hydrogens is 503 g/mol. The van der Waals surface area contributed by atoms with E-state index in [9.17, 15) is 26.4 Å². The van der Waals surface area contributed by atoms with Crippen molar-refractivity contribution in [2.75, 3.05) is 6.54 Å². The number of benzene rings is 3. The van der Waals surface area contributed by atoms with Gasteiger partial charge in [0.25, 0.3) is 10.0 Å². The molecule has 2 amide bonds. The van der Waals surface area contributed by atoms with Gasteiger partial charge in [-0.25, -0.2) is 22.9 Å². The number of hydrazone groups is 1. The third kappa shape index (κ3) is 5.49. The van der Waals surface area contributed by atoms with E-state index in [4.69, 9.17) is 11.6 Å². The van der Waals surface area contributed by atoms with E-state index in [1.807, 2.05) is 30.3 Å². The second-order valence-corrected chi connectivity index (χ2v) is 9.86. The van der Waals surface area contributed by atoms with Crippen LogP contribution >= 0.6 is 11.6 Å². The fourth-order valence-electron chi connectivity index (χ4n) is 3.83. The number of amides is 2. The first-order chi connectivity index (χ1) is 16.6. The molecular formula is C24H19ClF3N3O3S. The zero-order valence-electron chi connectivity index (χ0n) is 18.0. The SMILES string of the molecule is O=C(NS(=O)(=O)c1ccccc1C(F)(F)F)N1CCC(c2ccccc2)C(c2ccc(Cl)cc2)=N1. The average molecular weight is 522 g/mol. The maximum absolute atomic E-state index is 13.3. The van der Waals surface area contributed by atoms with Gasteiger partial charge < -0.3 is 0 Å². The molecule has 1 atom stereocenters. The highest BCUT2D eigenvalue weighted by Gasteiger charge is 2.38. The Morgan fingerprint density at radius 3 is 2.26 bits per heavy atom. The van der Waals surface area contributed by atoms with E-state index < -0.39 is 32.7 Å². The van der Waals surface area contributed by atoms with E-state index in [0.717, 1.165) is 28.8 Å². The molecule has 0 aromatic heterocycles. The van der Waals surface area contributed by atoms with Gasteiger partial charge in [0.15, 0.2) is 0 Å². The number of carbonyl (C=O) groups excluding carboxylic acids is 1. The Kier molecular flexibility index (Phi) is 6.86. The highest BCUT2D eigenvalue weighted by molar-refractivity contribution is 7.90. The predicted molar refractivity (Wildman–Crippen MR) is 126 cm³/mol. The number of alkyl halides is 3. The molecule has 1 aliphatic rings. The van der Waals surface area contributed by atoms with Gasteiger partial charge in [0.1, 0.15) is 0 Å². The molecule has 4 rings (SSSR count). The Morgan fingerprint density at radius 2 is 1.60 bits per heavy atom. The monoisotopic (exact) mass is 521 g/mol. The maximum atomic E-state index is 13.3. The zero-order chi connectivity index (χ0) is 25.2. The molecule has 0 aliphatic carbocycles. The van der Waals surface area contributed by atoms with Crippen LogP contribution in [0, 0.1) is 0 Å². The van der Waals surface area contributed by atoms with Crippen molar-refractivity contribution in [2.45, 2.75) is 23.4 Å². The number of urea groups is 1. The third-order valence-electron chi connectivity index (χ3n) is 5.47. The Bertz CT molecular complexity index is 1360. The van der Waals surface area contributed by atoms with Gasteiger partial charge in [0, 0.05) is 17.5 Å². The zero-order valence-corrected chi connectivity index (χ0v) is 19.6. The molecule has 182 valence electrons. The number of carbonyl (C=O) groups is 1. The number of nitrogens with zero attached hydrogens (tertiary/aromatic N) is 2. The predicted octanol–water partition coefficient (Wildman–Crippen LogP) is 5.65. The summed E-state index contributed by atoms with van der Waals surface area (Å²) < 4.78 is 67.1. The maximum Gasteiger partial charge on any atom is 0.417 e. The summed E-state index contributed by atoms with van der Waals surface area (Å²) >= 11 is 6.00. The highest BCUT2D eigenvalue weighted by Crippen LogP contribution is 2.34. The molecule has 1 N–H and O–H groups in total. The number of halogens is 4. The molecule has 1 heterocycles. The van der Waals surface area contributed by atoms with Crippen LogP contribution in [0.15, 0.2) is 88.9 Å². The van der Waals surface area contributed by atoms with E-state index in [1.165, 1.54) is 0 Å². The quantitative estimate of drug-likeness (QED) is 0.482. The van der Waals surface area contributed by atoms with Crippen LogP contribution in [-0.2, 0) is 16.2 Å². The Balaban J connectivity index is 1.67. The normalized spacial score (nSPS) is 16.5. The number of sulfonamides is 1. The van der Waals surface area contributed by atoms with Gasteiger partial charge in [-0.05, 0) is 41.8 Å². The van der Waals surface area contributed by atoms with Crippen LogP contribution in [0.5, 0.6) is 0 Å². The van der Waals surface area contributed by atoms with E-state index in [-0.39, 0.29) is 12.5 Å². The number of nitrogens with one attached hydrogen (secondary N) is 1. The molecule has 0 radical (unpaired) electrons. The van der Waals surface area contributed by atoms with Crippen molar-refractivity contribution in [3.05, 3.63) is 101 Å². The molecule has 0 bridgehead atoms. The van der Waals surface area contributed by atoms with Crippen LogP contribution in [0.4, 0.5) is 18.0 Å². The van der Waals surface area contributed by atoms with Gasteiger partial charge in [-0.15, -0.1) is 0 Å². The first kappa shape index (κ1) is 24.7. The third-order valence-corrected chi connectivity index (χ3v) is 7.10. The Labute approximate surface area is 205 Å². The van der Waals surface area contributed by atoms with Crippen molar-refractivity contribution in [3.63, 3.8) is 0 Å². The highest BCUT2D eigenvalue weighted by atomic mass is 35.5. The van der Waals surface area contributed by atoms with E-state index in [0.29, 0.717) is 28.8 Å². The summed E-state index contributed by atoms with van der Waals surface area (Å²) in [7, 11) is -4.82. The van der Waals surface area contributed by atoms with Crippen molar-refractivity contribution < 1.29 is 26.4 Å². The second-order valence-electron chi connectivity index (χ2n) is 7.77. The van der Waals surface area contributed by atoms with Gasteiger partial charge in [0.05, 0.1) is 16.2 Å². The van der Waals surface area contributed by atoms with Crippen molar-refractivity contribution >= 4 is 33.4 Å². The minimum Gasteiger partial charge on any atom is -0.246 e. The van der Waals surface area contributed by atoms with Crippen LogP contribution in [0.3, 0.4) is 0 Å².